The van der Waals surface area contributed by atoms with E-state index in [9.17, 15) is 0 Å². The molecule has 131 valence electrons. The third kappa shape index (κ3) is 17.0. The van der Waals surface area contributed by atoms with Crippen molar-refractivity contribution in [1.82, 2.24) is 39.9 Å². The van der Waals surface area contributed by atoms with Crippen LogP contribution < -0.4 is 0 Å². The Bertz CT molecular complexity index is 442. The second-order valence-electron chi connectivity index (χ2n) is 3.58. The Morgan fingerprint density at radius 3 is 0.320 bits per heavy atom. The van der Waals surface area contributed by atoms with Crippen LogP contribution in [0.4, 0.5) is 0 Å². The van der Waals surface area contributed by atoms with Crippen molar-refractivity contribution in [2.24, 2.45) is 0 Å². The van der Waals surface area contributed by atoms with Crippen LogP contribution in [-0.2, 0) is 17.1 Å². The SMILES string of the molecule is [Cu].c1cnccn1.c1cnccn1.c1cnccn1.c1cnccn1. The monoisotopic (exact) mass is 383 g/mol. The van der Waals surface area contributed by atoms with Crippen LogP contribution in [0, 0.1) is 0 Å². The van der Waals surface area contributed by atoms with Crippen LogP contribution in [-0.4, -0.2) is 39.9 Å². The molecular formula is C16H16CuN8. The molecule has 4 aromatic heterocycles. The van der Waals surface area contributed by atoms with Gasteiger partial charge >= 0.3 is 0 Å². The molecule has 0 atom stereocenters. The zero-order valence-electron chi connectivity index (χ0n) is 13.1. The average Bonchev–Trinajstić information content (AvgIpc) is 2.75. The van der Waals surface area contributed by atoms with E-state index in [4.69, 9.17) is 0 Å². The van der Waals surface area contributed by atoms with E-state index in [1.54, 1.807) is 99.1 Å². The Kier molecular flexibility index (Phi) is 16.5. The molecule has 0 N–H and O–H groups in total. The van der Waals surface area contributed by atoms with Crippen molar-refractivity contribution in [3.05, 3.63) is 99.1 Å². The van der Waals surface area contributed by atoms with Gasteiger partial charge in [0.25, 0.3) is 0 Å². The van der Waals surface area contributed by atoms with E-state index in [1.807, 2.05) is 0 Å². The third-order valence-electron chi connectivity index (χ3n) is 1.91. The Labute approximate surface area is 156 Å². The normalized spacial score (nSPS) is 7.68. The molecule has 8 nitrogen and oxygen atoms in total. The fraction of sp³-hybridized carbons (Fsp3) is 0. The van der Waals surface area contributed by atoms with Crippen molar-refractivity contribution in [3.63, 3.8) is 0 Å². The van der Waals surface area contributed by atoms with E-state index in [-0.39, 0.29) is 17.1 Å². The summed E-state index contributed by atoms with van der Waals surface area (Å²) in [4.78, 5) is 29.8. The molecule has 0 bridgehead atoms. The van der Waals surface area contributed by atoms with Crippen molar-refractivity contribution < 1.29 is 17.1 Å². The summed E-state index contributed by atoms with van der Waals surface area (Å²) in [5, 5.41) is 0. The van der Waals surface area contributed by atoms with Crippen LogP contribution >= 0.6 is 0 Å². The average molecular weight is 384 g/mol. The molecule has 4 heterocycles. The molecule has 0 aliphatic rings. The second-order valence-corrected chi connectivity index (χ2v) is 3.58. The minimum atomic E-state index is 0. The van der Waals surface area contributed by atoms with Gasteiger partial charge in [0.05, 0.1) is 0 Å². The van der Waals surface area contributed by atoms with Gasteiger partial charge in [0, 0.05) is 116 Å². The molecule has 4 rings (SSSR count). The number of hydrogen-bond donors (Lipinski definition) is 0. The number of hydrogen-bond acceptors (Lipinski definition) is 8. The quantitative estimate of drug-likeness (QED) is 0.424. The van der Waals surface area contributed by atoms with Gasteiger partial charge in [-0.05, 0) is 0 Å². The summed E-state index contributed by atoms with van der Waals surface area (Å²) < 4.78 is 0. The van der Waals surface area contributed by atoms with E-state index in [2.05, 4.69) is 39.9 Å². The van der Waals surface area contributed by atoms with Gasteiger partial charge in [-0.15, -0.1) is 0 Å². The number of aromatic nitrogens is 8. The van der Waals surface area contributed by atoms with Crippen molar-refractivity contribution in [3.8, 4) is 0 Å². The van der Waals surface area contributed by atoms with Gasteiger partial charge in [-0.2, -0.15) is 0 Å². The first kappa shape index (κ1) is 21.8. The van der Waals surface area contributed by atoms with E-state index >= 15 is 0 Å². The second kappa shape index (κ2) is 18.9. The van der Waals surface area contributed by atoms with E-state index in [0.29, 0.717) is 0 Å². The summed E-state index contributed by atoms with van der Waals surface area (Å²) in [6.07, 6.45) is 26.2. The molecule has 0 aliphatic heterocycles. The van der Waals surface area contributed by atoms with Gasteiger partial charge in [0.1, 0.15) is 0 Å². The maximum Gasteiger partial charge on any atom is 0.0451 e. The number of rotatable bonds is 0. The van der Waals surface area contributed by atoms with Gasteiger partial charge in [-0.25, -0.2) is 0 Å². The molecule has 0 aromatic carbocycles. The topological polar surface area (TPSA) is 103 Å². The first-order valence-corrected chi connectivity index (χ1v) is 6.80. The van der Waals surface area contributed by atoms with E-state index in [0.717, 1.165) is 0 Å². The van der Waals surface area contributed by atoms with Crippen molar-refractivity contribution in [2.75, 3.05) is 0 Å². The standard InChI is InChI=1S/4C4H4N2.Cu/c4*1-2-6-4-3-5-1;/h4*1-4H;. The zero-order chi connectivity index (χ0) is 17.0. The summed E-state index contributed by atoms with van der Waals surface area (Å²) in [5.41, 5.74) is 0. The van der Waals surface area contributed by atoms with Crippen molar-refractivity contribution in [2.45, 2.75) is 0 Å². The predicted octanol–water partition coefficient (Wildman–Crippen LogP) is 1.90. The maximum atomic E-state index is 3.72. The molecule has 0 aliphatic carbocycles. The van der Waals surface area contributed by atoms with E-state index in [1.165, 1.54) is 0 Å². The smallest absolute Gasteiger partial charge is 0.0451 e. The third-order valence-corrected chi connectivity index (χ3v) is 1.91. The molecule has 25 heavy (non-hydrogen) atoms. The van der Waals surface area contributed by atoms with Gasteiger partial charge in [0.2, 0.25) is 0 Å². The maximum absolute atomic E-state index is 3.72. The number of nitrogens with zero attached hydrogens (tertiary/aromatic N) is 8. The first-order chi connectivity index (χ1) is 12.0. The predicted molar refractivity (Wildman–Crippen MR) is 88.1 cm³/mol. The Hall–Kier alpha value is -3.16. The molecular weight excluding hydrogens is 368 g/mol. The van der Waals surface area contributed by atoms with Gasteiger partial charge < -0.3 is 0 Å². The largest absolute Gasteiger partial charge is 0.262 e. The van der Waals surface area contributed by atoms with Crippen LogP contribution in [0.3, 0.4) is 0 Å². The molecule has 4 aromatic rings. The van der Waals surface area contributed by atoms with Crippen molar-refractivity contribution in [1.29, 1.82) is 0 Å². The summed E-state index contributed by atoms with van der Waals surface area (Å²) in [6, 6.07) is 0. The molecule has 0 spiro atoms. The van der Waals surface area contributed by atoms with Crippen LogP contribution in [0.25, 0.3) is 0 Å². The molecule has 9 heteroatoms. The Morgan fingerprint density at radius 2 is 0.280 bits per heavy atom. The van der Waals surface area contributed by atoms with Gasteiger partial charge in [0.15, 0.2) is 0 Å². The van der Waals surface area contributed by atoms with Gasteiger partial charge in [-0.1, -0.05) is 0 Å². The minimum Gasteiger partial charge on any atom is -0.262 e. The van der Waals surface area contributed by atoms with Gasteiger partial charge in [-0.3, -0.25) is 39.9 Å². The Balaban J connectivity index is 0.000000303. The molecule has 1 radical (unpaired) electrons. The fourth-order valence-corrected chi connectivity index (χ4v) is 1.01. The molecule has 0 fully saturated rings. The molecule has 0 saturated carbocycles. The van der Waals surface area contributed by atoms with Crippen LogP contribution in [0.5, 0.6) is 0 Å². The first-order valence-electron chi connectivity index (χ1n) is 6.80. The van der Waals surface area contributed by atoms with E-state index < -0.39 is 0 Å². The minimum absolute atomic E-state index is 0. The van der Waals surface area contributed by atoms with Crippen LogP contribution in [0.15, 0.2) is 99.1 Å². The van der Waals surface area contributed by atoms with Crippen LogP contribution in [0.1, 0.15) is 0 Å². The summed E-state index contributed by atoms with van der Waals surface area (Å²) in [7, 11) is 0. The Morgan fingerprint density at radius 1 is 0.200 bits per heavy atom. The summed E-state index contributed by atoms with van der Waals surface area (Å²) in [5.74, 6) is 0. The molecule has 0 saturated heterocycles. The summed E-state index contributed by atoms with van der Waals surface area (Å²) >= 11 is 0. The zero-order valence-corrected chi connectivity index (χ0v) is 14.1. The molecule has 0 unspecified atom stereocenters. The molecule has 0 amide bonds. The van der Waals surface area contributed by atoms with Crippen molar-refractivity contribution >= 4 is 0 Å². The fourth-order valence-electron chi connectivity index (χ4n) is 1.01. The summed E-state index contributed by atoms with van der Waals surface area (Å²) in [6.45, 7) is 0. The van der Waals surface area contributed by atoms with Crippen LogP contribution in [0.2, 0.25) is 0 Å².